The monoisotopic (exact) mass is 452 g/mol. The molecule has 0 saturated carbocycles. The van der Waals surface area contributed by atoms with E-state index < -0.39 is 0 Å². The van der Waals surface area contributed by atoms with E-state index in [4.69, 9.17) is 4.98 Å². The first-order chi connectivity index (χ1) is 16.5. The third kappa shape index (κ3) is 4.74. The highest BCUT2D eigenvalue weighted by Gasteiger charge is 2.26. The molecule has 0 radical (unpaired) electrons. The van der Waals surface area contributed by atoms with E-state index in [0.717, 1.165) is 34.6 Å². The van der Waals surface area contributed by atoms with Gasteiger partial charge in [0.2, 0.25) is 0 Å². The van der Waals surface area contributed by atoms with E-state index in [9.17, 15) is 4.79 Å². The first-order valence-electron chi connectivity index (χ1n) is 11.8. The molecular formula is C29H32N4O. The Morgan fingerprint density at radius 2 is 1.50 bits per heavy atom. The van der Waals surface area contributed by atoms with E-state index in [2.05, 4.69) is 48.3 Å². The zero-order valence-electron chi connectivity index (χ0n) is 20.3. The van der Waals surface area contributed by atoms with Crippen LogP contribution in [0.4, 0.5) is 5.69 Å². The zero-order chi connectivity index (χ0) is 24.1. The Hall–Kier alpha value is -3.86. The van der Waals surface area contributed by atoms with Crippen molar-refractivity contribution in [1.82, 2.24) is 14.9 Å². The lowest BCUT2D eigenvalue weighted by atomic mass is 10.0. The van der Waals surface area contributed by atoms with E-state index >= 15 is 0 Å². The summed E-state index contributed by atoms with van der Waals surface area (Å²) in [7, 11) is 4.03. The minimum Gasteiger partial charge on any atom is -0.378 e. The second kappa shape index (κ2) is 10.4. The molecule has 34 heavy (non-hydrogen) atoms. The summed E-state index contributed by atoms with van der Waals surface area (Å²) < 4.78 is 2.03. The van der Waals surface area contributed by atoms with Gasteiger partial charge in [-0.25, -0.2) is 4.98 Å². The average Bonchev–Trinajstić information content (AvgIpc) is 3.28. The van der Waals surface area contributed by atoms with E-state index in [-0.39, 0.29) is 11.9 Å². The van der Waals surface area contributed by atoms with Crippen molar-refractivity contribution in [2.45, 2.75) is 32.9 Å². The molecule has 1 atom stereocenters. The second-order valence-corrected chi connectivity index (χ2v) is 8.53. The van der Waals surface area contributed by atoms with Crippen LogP contribution in [0.3, 0.4) is 0 Å². The van der Waals surface area contributed by atoms with Crippen molar-refractivity contribution in [1.29, 1.82) is 0 Å². The molecule has 3 aromatic carbocycles. The third-order valence-electron chi connectivity index (χ3n) is 6.10. The Kier molecular flexibility index (Phi) is 7.12. The standard InChI is InChI=1S/C29H32N4O/c1-5-25(21-13-9-7-10-14-21)30-29(34)27-26(22-17-19-24(20-18-22)32(3)4)31-28(33(27)6-2)23-15-11-8-12-16-23/h7-20,25H,5-6H2,1-4H3,(H,30,34)/t25-/m0/s1. The van der Waals surface area contributed by atoms with Crippen molar-refractivity contribution < 1.29 is 4.79 Å². The largest absolute Gasteiger partial charge is 0.378 e. The number of hydrogen-bond donors (Lipinski definition) is 1. The van der Waals surface area contributed by atoms with Crippen molar-refractivity contribution in [2.75, 3.05) is 19.0 Å². The summed E-state index contributed by atoms with van der Waals surface area (Å²) in [5, 5.41) is 3.27. The van der Waals surface area contributed by atoms with Gasteiger partial charge in [0.1, 0.15) is 17.2 Å². The summed E-state index contributed by atoms with van der Waals surface area (Å²) in [4.78, 5) is 20.9. The van der Waals surface area contributed by atoms with Gasteiger partial charge in [-0.15, -0.1) is 0 Å². The molecule has 0 aliphatic rings. The van der Waals surface area contributed by atoms with Gasteiger partial charge in [-0.1, -0.05) is 79.7 Å². The Labute approximate surface area is 202 Å². The molecular weight excluding hydrogens is 420 g/mol. The highest BCUT2D eigenvalue weighted by atomic mass is 16.2. The summed E-state index contributed by atoms with van der Waals surface area (Å²) in [6.45, 7) is 4.78. The van der Waals surface area contributed by atoms with E-state index in [1.807, 2.05) is 79.3 Å². The first kappa shape index (κ1) is 23.3. The van der Waals surface area contributed by atoms with Gasteiger partial charge in [-0.2, -0.15) is 0 Å². The van der Waals surface area contributed by atoms with Gasteiger partial charge < -0.3 is 14.8 Å². The van der Waals surface area contributed by atoms with Gasteiger partial charge in [-0.05, 0) is 31.0 Å². The smallest absolute Gasteiger partial charge is 0.270 e. The third-order valence-corrected chi connectivity index (χ3v) is 6.10. The lowest BCUT2D eigenvalue weighted by molar-refractivity contribution is 0.0927. The fourth-order valence-corrected chi connectivity index (χ4v) is 4.25. The predicted molar refractivity (Wildman–Crippen MR) is 140 cm³/mol. The van der Waals surface area contributed by atoms with Crippen LogP contribution in [0.2, 0.25) is 0 Å². The van der Waals surface area contributed by atoms with Crippen LogP contribution < -0.4 is 10.2 Å². The molecule has 0 spiro atoms. The number of imidazole rings is 1. The number of nitrogens with one attached hydrogen (secondary N) is 1. The fourth-order valence-electron chi connectivity index (χ4n) is 4.25. The zero-order valence-corrected chi connectivity index (χ0v) is 20.3. The van der Waals surface area contributed by atoms with Gasteiger partial charge in [0.05, 0.1) is 6.04 Å². The Balaban J connectivity index is 1.82. The average molecular weight is 453 g/mol. The Bertz CT molecular complexity index is 1230. The van der Waals surface area contributed by atoms with Gasteiger partial charge >= 0.3 is 0 Å². The van der Waals surface area contributed by atoms with Gasteiger partial charge in [0.15, 0.2) is 0 Å². The highest BCUT2D eigenvalue weighted by molar-refractivity contribution is 6.00. The van der Waals surface area contributed by atoms with Crippen molar-refractivity contribution in [3.63, 3.8) is 0 Å². The van der Waals surface area contributed by atoms with Crippen LogP contribution in [-0.2, 0) is 6.54 Å². The number of carbonyl (C=O) groups excluding carboxylic acids is 1. The van der Waals surface area contributed by atoms with Crippen LogP contribution in [-0.4, -0.2) is 29.6 Å². The summed E-state index contributed by atoms with van der Waals surface area (Å²) in [5.41, 5.74) is 5.40. The molecule has 1 N–H and O–H groups in total. The van der Waals surface area contributed by atoms with Crippen molar-refractivity contribution >= 4 is 11.6 Å². The second-order valence-electron chi connectivity index (χ2n) is 8.53. The molecule has 0 aliphatic heterocycles. The van der Waals surface area contributed by atoms with Crippen molar-refractivity contribution in [2.24, 2.45) is 0 Å². The molecule has 5 heteroatoms. The number of aromatic nitrogens is 2. The molecule has 1 heterocycles. The quantitative estimate of drug-likeness (QED) is 0.347. The summed E-state index contributed by atoms with van der Waals surface area (Å²) >= 11 is 0. The van der Waals surface area contributed by atoms with Gasteiger partial charge in [-0.3, -0.25) is 4.79 Å². The lowest BCUT2D eigenvalue weighted by Gasteiger charge is -2.19. The molecule has 0 unspecified atom stereocenters. The SMILES string of the molecule is CC[C@H](NC(=O)c1c(-c2ccc(N(C)C)cc2)nc(-c2ccccc2)n1CC)c1ccccc1. The lowest BCUT2D eigenvalue weighted by Crippen LogP contribution is -2.30. The van der Waals surface area contributed by atoms with E-state index in [1.54, 1.807) is 0 Å². The summed E-state index contributed by atoms with van der Waals surface area (Å²) in [6.07, 6.45) is 0.800. The first-order valence-corrected chi connectivity index (χ1v) is 11.8. The van der Waals surface area contributed by atoms with Crippen LogP contribution in [0.15, 0.2) is 84.9 Å². The number of rotatable bonds is 8. The molecule has 5 nitrogen and oxygen atoms in total. The molecule has 0 aliphatic carbocycles. The van der Waals surface area contributed by atoms with Crippen LogP contribution >= 0.6 is 0 Å². The Morgan fingerprint density at radius 3 is 2.06 bits per heavy atom. The number of amides is 1. The van der Waals surface area contributed by atoms with Crippen LogP contribution in [0, 0.1) is 0 Å². The van der Waals surface area contributed by atoms with Crippen molar-refractivity contribution in [3.8, 4) is 22.6 Å². The number of carbonyl (C=O) groups is 1. The molecule has 1 amide bonds. The highest BCUT2D eigenvalue weighted by Crippen LogP contribution is 2.31. The number of hydrogen-bond acceptors (Lipinski definition) is 3. The van der Waals surface area contributed by atoms with Gasteiger partial charge in [0, 0.05) is 37.5 Å². The molecule has 1 aromatic heterocycles. The number of anilines is 1. The number of nitrogens with zero attached hydrogens (tertiary/aromatic N) is 3. The minimum atomic E-state index is -0.112. The molecule has 0 saturated heterocycles. The molecule has 0 fully saturated rings. The normalized spacial score (nSPS) is 11.8. The summed E-state index contributed by atoms with van der Waals surface area (Å²) in [6, 6.07) is 28.3. The maximum Gasteiger partial charge on any atom is 0.270 e. The number of benzene rings is 3. The minimum absolute atomic E-state index is 0.0713. The molecule has 4 rings (SSSR count). The molecule has 174 valence electrons. The maximum absolute atomic E-state index is 13.8. The van der Waals surface area contributed by atoms with Gasteiger partial charge in [0.25, 0.3) is 5.91 Å². The topological polar surface area (TPSA) is 50.2 Å². The predicted octanol–water partition coefficient (Wildman–Crippen LogP) is 6.18. The van der Waals surface area contributed by atoms with Crippen LogP contribution in [0.25, 0.3) is 22.6 Å². The Morgan fingerprint density at radius 1 is 0.882 bits per heavy atom. The molecule has 0 bridgehead atoms. The van der Waals surface area contributed by atoms with Crippen molar-refractivity contribution in [3.05, 3.63) is 96.2 Å². The van der Waals surface area contributed by atoms with E-state index in [0.29, 0.717) is 17.9 Å². The molecule has 4 aromatic rings. The maximum atomic E-state index is 13.8. The van der Waals surface area contributed by atoms with Crippen LogP contribution in [0.1, 0.15) is 42.4 Å². The van der Waals surface area contributed by atoms with Crippen LogP contribution in [0.5, 0.6) is 0 Å². The fraction of sp³-hybridized carbons (Fsp3) is 0.241. The summed E-state index contributed by atoms with van der Waals surface area (Å²) in [5.74, 6) is 0.687. The van der Waals surface area contributed by atoms with E-state index in [1.165, 1.54) is 0 Å².